The van der Waals surface area contributed by atoms with Crippen LogP contribution in [0.4, 0.5) is 0 Å². The fraction of sp³-hybridized carbons (Fsp3) is 0.815. The first kappa shape index (κ1) is 33.4. The zero-order valence-corrected chi connectivity index (χ0v) is 24.0. The van der Waals surface area contributed by atoms with Gasteiger partial charge in [0, 0.05) is 13.1 Å². The van der Waals surface area contributed by atoms with Crippen molar-refractivity contribution in [2.75, 3.05) is 26.2 Å². The van der Waals surface area contributed by atoms with Gasteiger partial charge in [-0.25, -0.2) is 4.79 Å². The molecule has 0 aromatic rings. The number of carbonyl (C=O) groups is 5. The highest BCUT2D eigenvalue weighted by Gasteiger charge is 2.42. The zero-order valence-electron chi connectivity index (χ0n) is 24.0. The number of unbranched alkanes of at least 4 members (excludes halogenated alkanes) is 2. The quantitative estimate of drug-likeness (QED) is 0.129. The minimum atomic E-state index is -1.06. The van der Waals surface area contributed by atoms with E-state index in [4.69, 9.17) is 17.2 Å². The summed E-state index contributed by atoms with van der Waals surface area (Å²) in [6, 6.07) is -4.25. The molecule has 2 aliphatic rings. The van der Waals surface area contributed by atoms with Crippen LogP contribution in [0.2, 0.25) is 0 Å². The molecule has 13 nitrogen and oxygen atoms in total. The molecule has 0 aromatic carbocycles. The minimum absolute atomic E-state index is 0.291. The minimum Gasteiger partial charge on any atom is -0.480 e. The largest absolute Gasteiger partial charge is 0.480 e. The van der Waals surface area contributed by atoms with Crippen LogP contribution in [-0.2, 0) is 24.0 Å². The van der Waals surface area contributed by atoms with Crippen molar-refractivity contribution in [1.82, 2.24) is 20.4 Å². The Hall–Kier alpha value is -2.77. The second-order valence-corrected chi connectivity index (χ2v) is 11.2. The van der Waals surface area contributed by atoms with Gasteiger partial charge in [-0.05, 0) is 76.8 Å². The van der Waals surface area contributed by atoms with Crippen LogP contribution in [0.15, 0.2) is 0 Å². The molecule has 13 heteroatoms. The maximum absolute atomic E-state index is 13.7. The number of nitrogens with two attached hydrogens (primary N) is 3. The monoisotopic (exact) mass is 567 g/mol. The van der Waals surface area contributed by atoms with Crippen LogP contribution in [-0.4, -0.2) is 101 Å². The van der Waals surface area contributed by atoms with Gasteiger partial charge in [0.05, 0.1) is 6.04 Å². The first-order chi connectivity index (χ1) is 19.0. The lowest BCUT2D eigenvalue weighted by molar-refractivity contribution is -0.150. The number of likely N-dealkylation sites (tertiary alicyclic amines) is 2. The Balaban J connectivity index is 2.13. The fourth-order valence-electron chi connectivity index (χ4n) is 5.40. The normalized spacial score (nSPS) is 21.2. The first-order valence-electron chi connectivity index (χ1n) is 14.6. The van der Waals surface area contributed by atoms with Gasteiger partial charge in [-0.15, -0.1) is 0 Å². The lowest BCUT2D eigenvalue weighted by atomic mass is 10.0. The lowest BCUT2D eigenvalue weighted by Crippen LogP contribution is -2.59. The molecule has 0 radical (unpaired) electrons. The van der Waals surface area contributed by atoms with E-state index < -0.39 is 53.9 Å². The number of hydrogen-bond acceptors (Lipinski definition) is 8. The molecule has 0 unspecified atom stereocenters. The highest BCUT2D eigenvalue weighted by atomic mass is 16.4. The number of carboxylic acids is 1. The number of carbonyl (C=O) groups excluding carboxylic acids is 4. The molecule has 2 saturated heterocycles. The molecule has 0 aliphatic carbocycles. The molecule has 9 N–H and O–H groups in total. The Morgan fingerprint density at radius 3 is 1.93 bits per heavy atom. The van der Waals surface area contributed by atoms with Gasteiger partial charge < -0.3 is 42.7 Å². The summed E-state index contributed by atoms with van der Waals surface area (Å²) in [5.74, 6) is -3.04. The van der Waals surface area contributed by atoms with Crippen LogP contribution in [0.25, 0.3) is 0 Å². The first-order valence-corrected chi connectivity index (χ1v) is 14.6. The van der Waals surface area contributed by atoms with Crippen molar-refractivity contribution in [3.63, 3.8) is 0 Å². The van der Waals surface area contributed by atoms with Gasteiger partial charge in [-0.3, -0.25) is 19.2 Å². The molecule has 2 aliphatic heterocycles. The molecule has 0 saturated carbocycles. The topological polar surface area (TPSA) is 214 Å². The predicted molar refractivity (Wildman–Crippen MR) is 150 cm³/mol. The summed E-state index contributed by atoms with van der Waals surface area (Å²) in [7, 11) is 0. The van der Waals surface area contributed by atoms with E-state index in [2.05, 4.69) is 10.6 Å². The third-order valence-corrected chi connectivity index (χ3v) is 7.76. The predicted octanol–water partition coefficient (Wildman–Crippen LogP) is -0.736. The summed E-state index contributed by atoms with van der Waals surface area (Å²) in [5.41, 5.74) is 17.2. The van der Waals surface area contributed by atoms with Gasteiger partial charge in [-0.2, -0.15) is 0 Å². The van der Waals surface area contributed by atoms with Crippen LogP contribution in [0.3, 0.4) is 0 Å². The summed E-state index contributed by atoms with van der Waals surface area (Å²) in [5, 5.41) is 15.1. The van der Waals surface area contributed by atoms with Crippen LogP contribution in [0.5, 0.6) is 0 Å². The highest BCUT2D eigenvalue weighted by Crippen LogP contribution is 2.23. The van der Waals surface area contributed by atoms with Gasteiger partial charge in [0.2, 0.25) is 23.6 Å². The van der Waals surface area contributed by atoms with Gasteiger partial charge >= 0.3 is 5.97 Å². The van der Waals surface area contributed by atoms with Crippen molar-refractivity contribution in [3.8, 4) is 0 Å². The maximum atomic E-state index is 13.7. The lowest BCUT2D eigenvalue weighted by Gasteiger charge is -2.32. The van der Waals surface area contributed by atoms with Crippen molar-refractivity contribution in [3.05, 3.63) is 0 Å². The van der Waals surface area contributed by atoms with Gasteiger partial charge in [0.15, 0.2) is 0 Å². The molecular weight excluding hydrogens is 518 g/mol. The molecule has 2 rings (SSSR count). The number of amides is 4. The molecule has 0 spiro atoms. The van der Waals surface area contributed by atoms with Crippen molar-refractivity contribution >= 4 is 29.6 Å². The zero-order chi connectivity index (χ0) is 29.8. The second-order valence-electron chi connectivity index (χ2n) is 11.2. The SMILES string of the molecule is CC(C)[C@H](NC(=O)[C@@H]1CCCN1C(=O)[C@H](CCCCN)NC(=O)[C@@H](N)CCCCN)C(=O)N1CCC[C@H]1C(=O)O. The number of carboxylic acid groups (broad SMARTS) is 1. The van der Waals surface area contributed by atoms with Crippen LogP contribution < -0.4 is 27.8 Å². The average molecular weight is 568 g/mol. The van der Waals surface area contributed by atoms with E-state index in [0.29, 0.717) is 84.0 Å². The summed E-state index contributed by atoms with van der Waals surface area (Å²) < 4.78 is 0. The number of hydrogen-bond donors (Lipinski definition) is 6. The van der Waals surface area contributed by atoms with E-state index in [0.717, 1.165) is 6.42 Å². The molecule has 0 aromatic heterocycles. The van der Waals surface area contributed by atoms with E-state index in [1.54, 1.807) is 13.8 Å². The molecule has 0 bridgehead atoms. The van der Waals surface area contributed by atoms with Crippen molar-refractivity contribution in [1.29, 1.82) is 0 Å². The number of nitrogens with one attached hydrogen (secondary N) is 2. The number of aliphatic carboxylic acids is 1. The van der Waals surface area contributed by atoms with E-state index in [-0.39, 0.29) is 11.8 Å². The number of rotatable bonds is 16. The van der Waals surface area contributed by atoms with Crippen molar-refractivity contribution in [2.24, 2.45) is 23.1 Å². The van der Waals surface area contributed by atoms with Crippen LogP contribution in [0, 0.1) is 5.92 Å². The van der Waals surface area contributed by atoms with Gasteiger partial charge in [0.1, 0.15) is 24.2 Å². The third kappa shape index (κ3) is 9.13. The Labute approximate surface area is 236 Å². The molecule has 228 valence electrons. The second kappa shape index (κ2) is 16.5. The average Bonchev–Trinajstić information content (AvgIpc) is 3.60. The van der Waals surface area contributed by atoms with E-state index in [9.17, 15) is 29.1 Å². The van der Waals surface area contributed by atoms with E-state index in [1.165, 1.54) is 9.80 Å². The molecule has 5 atom stereocenters. The Kier molecular flexibility index (Phi) is 13.8. The van der Waals surface area contributed by atoms with Crippen LogP contribution >= 0.6 is 0 Å². The van der Waals surface area contributed by atoms with Gasteiger partial charge in [-0.1, -0.05) is 20.3 Å². The smallest absolute Gasteiger partial charge is 0.326 e. The Bertz CT molecular complexity index is 885. The third-order valence-electron chi connectivity index (χ3n) is 7.76. The summed E-state index contributed by atoms with van der Waals surface area (Å²) in [6.45, 7) is 5.19. The van der Waals surface area contributed by atoms with Crippen molar-refractivity contribution in [2.45, 2.75) is 108 Å². The van der Waals surface area contributed by atoms with E-state index >= 15 is 0 Å². The molecule has 2 heterocycles. The summed E-state index contributed by atoms with van der Waals surface area (Å²) in [4.78, 5) is 67.6. The van der Waals surface area contributed by atoms with Gasteiger partial charge in [0.25, 0.3) is 0 Å². The summed E-state index contributed by atoms with van der Waals surface area (Å²) in [6.07, 6.45) is 5.53. The Morgan fingerprint density at radius 1 is 0.825 bits per heavy atom. The molecule has 40 heavy (non-hydrogen) atoms. The number of nitrogens with zero attached hydrogens (tertiary/aromatic N) is 2. The molecular formula is C27H49N7O6. The Morgan fingerprint density at radius 2 is 1.38 bits per heavy atom. The fourth-order valence-corrected chi connectivity index (χ4v) is 5.40. The van der Waals surface area contributed by atoms with Crippen molar-refractivity contribution < 1.29 is 29.1 Å². The summed E-state index contributed by atoms with van der Waals surface area (Å²) >= 11 is 0. The van der Waals surface area contributed by atoms with Crippen LogP contribution in [0.1, 0.15) is 78.1 Å². The molecule has 4 amide bonds. The highest BCUT2D eigenvalue weighted by molar-refractivity contribution is 5.96. The standard InChI is InChI=1S/C27H49N7O6/c1-17(2)22(26(38)34-16-8-12-21(34)27(39)40)32-24(36)20-11-7-15-33(20)25(37)19(10-4-6-14-29)31-23(35)18(30)9-3-5-13-28/h17-22H,3-16,28-30H2,1-2H3,(H,31,35)(H,32,36)(H,39,40)/t18-,19-,20-,21-,22-/m0/s1. The molecule has 2 fully saturated rings. The maximum Gasteiger partial charge on any atom is 0.326 e. The van der Waals surface area contributed by atoms with E-state index in [1.807, 2.05) is 0 Å².